The van der Waals surface area contributed by atoms with Gasteiger partial charge in [-0.15, -0.1) is 11.3 Å². The standard InChI is InChI=1S/C20H21NO7S/c1-4-26-19(24)16-12(3)17(20(25)27-5-2)29-18(16)21-15(23)11-28-14-9-7-6-8-13(14)10-22/h6-10H,4-5,11H2,1-3H3,(H,21,23). The van der Waals surface area contributed by atoms with Gasteiger partial charge in [0.1, 0.15) is 15.6 Å². The minimum absolute atomic E-state index is 0.0987. The first-order chi connectivity index (χ1) is 13.9. The summed E-state index contributed by atoms with van der Waals surface area (Å²) in [5.74, 6) is -1.54. The molecule has 1 N–H and O–H groups in total. The van der Waals surface area contributed by atoms with Crippen LogP contribution in [0.2, 0.25) is 0 Å². The summed E-state index contributed by atoms with van der Waals surface area (Å²) in [5, 5.41) is 2.74. The number of amides is 1. The summed E-state index contributed by atoms with van der Waals surface area (Å²) in [5.41, 5.74) is 0.778. The van der Waals surface area contributed by atoms with Crippen molar-refractivity contribution in [3.63, 3.8) is 0 Å². The Kier molecular flexibility index (Phi) is 7.90. The molecule has 0 saturated carbocycles. The molecule has 0 aliphatic carbocycles. The highest BCUT2D eigenvalue weighted by Gasteiger charge is 2.27. The van der Waals surface area contributed by atoms with Gasteiger partial charge in [-0.2, -0.15) is 0 Å². The number of para-hydroxylation sites is 1. The van der Waals surface area contributed by atoms with Gasteiger partial charge in [-0.05, 0) is 38.5 Å². The molecule has 0 unspecified atom stereocenters. The molecule has 0 radical (unpaired) electrons. The highest BCUT2D eigenvalue weighted by molar-refractivity contribution is 7.18. The molecule has 8 nitrogen and oxygen atoms in total. The Bertz CT molecular complexity index is 920. The zero-order valence-electron chi connectivity index (χ0n) is 16.3. The van der Waals surface area contributed by atoms with Crippen LogP contribution in [0.5, 0.6) is 5.75 Å². The Morgan fingerprint density at radius 1 is 1.07 bits per heavy atom. The predicted octanol–water partition coefficient (Wildman–Crippen LogP) is 3.24. The average Bonchev–Trinajstić information content (AvgIpc) is 3.02. The molecular formula is C20H21NO7S. The third kappa shape index (κ3) is 5.41. The minimum Gasteiger partial charge on any atom is -0.483 e. The van der Waals surface area contributed by atoms with Crippen molar-refractivity contribution in [3.8, 4) is 5.75 Å². The molecule has 0 spiro atoms. The molecule has 9 heteroatoms. The van der Waals surface area contributed by atoms with Gasteiger partial charge in [0.15, 0.2) is 12.9 Å². The third-order valence-corrected chi connectivity index (χ3v) is 4.93. The highest BCUT2D eigenvalue weighted by atomic mass is 32.1. The summed E-state index contributed by atoms with van der Waals surface area (Å²) >= 11 is 0.927. The normalized spacial score (nSPS) is 10.2. The minimum atomic E-state index is -0.653. The van der Waals surface area contributed by atoms with Crippen molar-refractivity contribution < 1.29 is 33.4 Å². The first-order valence-electron chi connectivity index (χ1n) is 8.87. The second kappa shape index (κ2) is 10.4. The van der Waals surface area contributed by atoms with E-state index >= 15 is 0 Å². The summed E-state index contributed by atoms with van der Waals surface area (Å²) in [7, 11) is 0. The van der Waals surface area contributed by atoms with Crippen LogP contribution in [0.15, 0.2) is 24.3 Å². The van der Waals surface area contributed by atoms with Gasteiger partial charge in [-0.25, -0.2) is 9.59 Å². The van der Waals surface area contributed by atoms with Gasteiger partial charge in [-0.1, -0.05) is 12.1 Å². The monoisotopic (exact) mass is 419 g/mol. The van der Waals surface area contributed by atoms with Gasteiger partial charge in [0, 0.05) is 0 Å². The van der Waals surface area contributed by atoms with Crippen molar-refractivity contribution in [2.24, 2.45) is 0 Å². The smallest absolute Gasteiger partial charge is 0.348 e. The molecule has 0 atom stereocenters. The third-order valence-electron chi connectivity index (χ3n) is 3.74. The molecule has 154 valence electrons. The summed E-state index contributed by atoms with van der Waals surface area (Å²) in [6, 6.07) is 6.48. The van der Waals surface area contributed by atoms with Gasteiger partial charge in [-0.3, -0.25) is 9.59 Å². The number of hydrogen-bond donors (Lipinski definition) is 1. The maximum Gasteiger partial charge on any atom is 0.348 e. The van der Waals surface area contributed by atoms with E-state index in [0.717, 1.165) is 11.3 Å². The molecule has 0 saturated heterocycles. The van der Waals surface area contributed by atoms with Crippen LogP contribution in [0.25, 0.3) is 0 Å². The van der Waals surface area contributed by atoms with Crippen molar-refractivity contribution in [2.75, 3.05) is 25.1 Å². The second-order valence-corrected chi connectivity index (χ2v) is 6.71. The van der Waals surface area contributed by atoms with Crippen LogP contribution in [0.3, 0.4) is 0 Å². The summed E-state index contributed by atoms with van der Waals surface area (Å²) < 4.78 is 15.4. The fraction of sp³-hybridized carbons (Fsp3) is 0.300. The Balaban J connectivity index is 2.22. The summed E-state index contributed by atoms with van der Waals surface area (Å²) in [4.78, 5) is 48.1. The number of hydrogen-bond acceptors (Lipinski definition) is 8. The van der Waals surface area contributed by atoms with Gasteiger partial charge < -0.3 is 19.5 Å². The number of aldehydes is 1. The summed E-state index contributed by atoms with van der Waals surface area (Å²) in [6.45, 7) is 4.84. The molecule has 0 aliphatic rings. The number of rotatable bonds is 9. The van der Waals surface area contributed by atoms with E-state index < -0.39 is 24.5 Å². The van der Waals surface area contributed by atoms with Crippen molar-refractivity contribution in [2.45, 2.75) is 20.8 Å². The van der Waals surface area contributed by atoms with E-state index in [2.05, 4.69) is 5.32 Å². The average molecular weight is 419 g/mol. The molecule has 1 amide bonds. The van der Waals surface area contributed by atoms with Crippen molar-refractivity contribution in [1.82, 2.24) is 0 Å². The largest absolute Gasteiger partial charge is 0.483 e. The van der Waals surface area contributed by atoms with E-state index in [1.807, 2.05) is 0 Å². The van der Waals surface area contributed by atoms with E-state index in [0.29, 0.717) is 17.4 Å². The van der Waals surface area contributed by atoms with Gasteiger partial charge in [0.2, 0.25) is 0 Å². The Hall–Kier alpha value is -3.20. The fourth-order valence-electron chi connectivity index (χ4n) is 2.46. The number of ether oxygens (including phenoxy) is 3. The predicted molar refractivity (Wildman–Crippen MR) is 107 cm³/mol. The molecular weight excluding hydrogens is 398 g/mol. The highest BCUT2D eigenvalue weighted by Crippen LogP contribution is 2.34. The van der Waals surface area contributed by atoms with Crippen LogP contribution >= 0.6 is 11.3 Å². The first kappa shape index (κ1) is 22.1. The number of benzene rings is 1. The van der Waals surface area contributed by atoms with Crippen LogP contribution in [-0.4, -0.2) is 44.0 Å². The van der Waals surface area contributed by atoms with E-state index in [1.54, 1.807) is 45.0 Å². The number of esters is 2. The van der Waals surface area contributed by atoms with Crippen LogP contribution in [-0.2, 0) is 14.3 Å². The SMILES string of the molecule is CCOC(=O)c1sc(NC(=O)COc2ccccc2C=O)c(C(=O)OCC)c1C. The zero-order valence-corrected chi connectivity index (χ0v) is 17.1. The molecule has 2 rings (SSSR count). The molecule has 1 aromatic heterocycles. The number of carbonyl (C=O) groups is 4. The number of anilines is 1. The lowest BCUT2D eigenvalue weighted by Crippen LogP contribution is -2.21. The zero-order chi connectivity index (χ0) is 21.4. The maximum atomic E-state index is 12.3. The van der Waals surface area contributed by atoms with Gasteiger partial charge in [0.25, 0.3) is 5.91 Å². The Morgan fingerprint density at radius 3 is 2.38 bits per heavy atom. The van der Waals surface area contributed by atoms with E-state index in [9.17, 15) is 19.2 Å². The first-order valence-corrected chi connectivity index (χ1v) is 9.69. The van der Waals surface area contributed by atoms with Crippen LogP contribution in [0.4, 0.5) is 5.00 Å². The lowest BCUT2D eigenvalue weighted by molar-refractivity contribution is -0.118. The van der Waals surface area contributed by atoms with E-state index in [-0.39, 0.29) is 34.4 Å². The topological polar surface area (TPSA) is 108 Å². The number of carbonyl (C=O) groups excluding carboxylic acids is 4. The van der Waals surface area contributed by atoms with Crippen LogP contribution in [0, 0.1) is 6.92 Å². The van der Waals surface area contributed by atoms with Crippen molar-refractivity contribution in [1.29, 1.82) is 0 Å². The molecule has 0 aliphatic heterocycles. The number of thiophene rings is 1. The van der Waals surface area contributed by atoms with Crippen molar-refractivity contribution >= 4 is 40.5 Å². The van der Waals surface area contributed by atoms with Crippen LogP contribution in [0.1, 0.15) is 49.8 Å². The second-order valence-electron chi connectivity index (χ2n) is 5.69. The summed E-state index contributed by atoms with van der Waals surface area (Å²) in [6.07, 6.45) is 0.625. The van der Waals surface area contributed by atoms with Gasteiger partial charge >= 0.3 is 11.9 Å². The van der Waals surface area contributed by atoms with E-state index in [1.165, 1.54) is 0 Å². The molecule has 0 bridgehead atoms. The Morgan fingerprint density at radius 2 is 1.72 bits per heavy atom. The maximum absolute atomic E-state index is 12.3. The molecule has 29 heavy (non-hydrogen) atoms. The fourth-order valence-corrected chi connectivity index (χ4v) is 3.56. The molecule has 1 heterocycles. The molecule has 1 aromatic carbocycles. The van der Waals surface area contributed by atoms with Gasteiger partial charge in [0.05, 0.1) is 24.3 Å². The molecule has 2 aromatic rings. The lowest BCUT2D eigenvalue weighted by atomic mass is 10.1. The Labute approximate surface area is 171 Å². The number of nitrogens with one attached hydrogen (secondary N) is 1. The van der Waals surface area contributed by atoms with E-state index in [4.69, 9.17) is 14.2 Å². The molecule has 0 fully saturated rings. The van der Waals surface area contributed by atoms with Crippen LogP contribution < -0.4 is 10.1 Å². The lowest BCUT2D eigenvalue weighted by Gasteiger charge is -2.09. The van der Waals surface area contributed by atoms with Crippen molar-refractivity contribution in [3.05, 3.63) is 45.8 Å². The quantitative estimate of drug-likeness (QED) is 0.491.